The van der Waals surface area contributed by atoms with E-state index < -0.39 is 11.7 Å². The predicted octanol–water partition coefficient (Wildman–Crippen LogP) is 2.71. The van der Waals surface area contributed by atoms with Gasteiger partial charge in [-0.15, -0.1) is 0 Å². The maximum atomic E-state index is 12.5. The van der Waals surface area contributed by atoms with E-state index in [2.05, 4.69) is 5.32 Å². The molecule has 1 saturated heterocycles. The summed E-state index contributed by atoms with van der Waals surface area (Å²) in [5.74, 6) is -0.261. The molecule has 116 valence electrons. The van der Waals surface area contributed by atoms with Gasteiger partial charge in [-0.3, -0.25) is 9.69 Å². The topological polar surface area (TPSA) is 58.4 Å². The van der Waals surface area contributed by atoms with Crippen molar-refractivity contribution in [1.29, 1.82) is 0 Å². The summed E-state index contributed by atoms with van der Waals surface area (Å²) >= 11 is 0. The molecule has 1 atom stereocenters. The fourth-order valence-corrected chi connectivity index (χ4v) is 2.38. The van der Waals surface area contributed by atoms with Crippen molar-refractivity contribution in [3.8, 4) is 0 Å². The van der Waals surface area contributed by atoms with E-state index >= 15 is 0 Å². The van der Waals surface area contributed by atoms with Crippen LogP contribution in [0, 0.1) is 0 Å². The first-order valence-corrected chi connectivity index (χ1v) is 6.80. The van der Waals surface area contributed by atoms with Gasteiger partial charge >= 0.3 is 6.18 Å². The van der Waals surface area contributed by atoms with Gasteiger partial charge in [0.15, 0.2) is 0 Å². The van der Waals surface area contributed by atoms with Crippen LogP contribution in [-0.2, 0) is 11.0 Å². The number of rotatable bonds is 3. The van der Waals surface area contributed by atoms with Crippen molar-refractivity contribution in [2.75, 3.05) is 24.1 Å². The summed E-state index contributed by atoms with van der Waals surface area (Å²) in [6, 6.07) is 2.60. The van der Waals surface area contributed by atoms with Crippen LogP contribution in [0.25, 0.3) is 0 Å². The van der Waals surface area contributed by atoms with Crippen molar-refractivity contribution in [3.63, 3.8) is 0 Å². The highest BCUT2D eigenvalue weighted by Gasteiger charge is 2.31. The Labute approximate surface area is 121 Å². The Morgan fingerprint density at radius 2 is 1.95 bits per heavy atom. The predicted molar refractivity (Wildman–Crippen MR) is 74.8 cm³/mol. The van der Waals surface area contributed by atoms with E-state index in [-0.39, 0.29) is 23.3 Å². The van der Waals surface area contributed by atoms with Crippen LogP contribution >= 0.6 is 0 Å². The van der Waals surface area contributed by atoms with Crippen molar-refractivity contribution in [2.45, 2.75) is 32.0 Å². The van der Waals surface area contributed by atoms with Crippen LogP contribution < -0.4 is 11.1 Å². The molecule has 3 N–H and O–H groups in total. The molecule has 0 spiro atoms. The summed E-state index contributed by atoms with van der Waals surface area (Å²) in [5, 5.41) is 2.59. The van der Waals surface area contributed by atoms with E-state index in [4.69, 9.17) is 5.73 Å². The molecule has 7 heteroatoms. The molecule has 0 radical (unpaired) electrons. The molecule has 1 fully saturated rings. The molecule has 0 bridgehead atoms. The number of hydrogen-bond acceptors (Lipinski definition) is 3. The number of nitrogen functional groups attached to an aromatic ring is 1. The molecule has 1 amide bonds. The molecule has 1 aliphatic heterocycles. The average molecular weight is 301 g/mol. The largest absolute Gasteiger partial charge is 0.416 e. The number of anilines is 2. The molecule has 1 aromatic carbocycles. The number of hydrogen-bond donors (Lipinski definition) is 2. The molecule has 1 aromatic rings. The van der Waals surface area contributed by atoms with Gasteiger partial charge in [-0.25, -0.2) is 0 Å². The summed E-state index contributed by atoms with van der Waals surface area (Å²) < 4.78 is 37.6. The van der Waals surface area contributed by atoms with E-state index in [1.807, 2.05) is 4.90 Å². The first-order chi connectivity index (χ1) is 9.79. The van der Waals surface area contributed by atoms with Gasteiger partial charge < -0.3 is 11.1 Å². The Balaban J connectivity index is 2.07. The van der Waals surface area contributed by atoms with Gasteiger partial charge in [0.05, 0.1) is 23.0 Å². The lowest BCUT2D eigenvalue weighted by Crippen LogP contribution is -2.40. The van der Waals surface area contributed by atoms with Gasteiger partial charge in [-0.1, -0.05) is 0 Å². The zero-order chi connectivity index (χ0) is 15.6. The summed E-state index contributed by atoms with van der Waals surface area (Å²) in [4.78, 5) is 14.1. The van der Waals surface area contributed by atoms with Gasteiger partial charge in [0.25, 0.3) is 0 Å². The molecule has 21 heavy (non-hydrogen) atoms. The van der Waals surface area contributed by atoms with Gasteiger partial charge in [0, 0.05) is 0 Å². The minimum atomic E-state index is -4.44. The second-order valence-corrected chi connectivity index (χ2v) is 5.21. The van der Waals surface area contributed by atoms with Crippen LogP contribution in [0.15, 0.2) is 18.2 Å². The minimum absolute atomic E-state index is 0.0909. The zero-order valence-electron chi connectivity index (χ0n) is 11.7. The van der Waals surface area contributed by atoms with Gasteiger partial charge in [-0.05, 0) is 51.1 Å². The second kappa shape index (κ2) is 5.93. The van der Waals surface area contributed by atoms with E-state index in [1.54, 1.807) is 6.92 Å². The van der Waals surface area contributed by atoms with Crippen molar-refractivity contribution in [2.24, 2.45) is 0 Å². The Morgan fingerprint density at radius 1 is 1.33 bits per heavy atom. The van der Waals surface area contributed by atoms with Crippen molar-refractivity contribution < 1.29 is 18.0 Å². The minimum Gasteiger partial charge on any atom is -0.397 e. The number of alkyl halides is 3. The lowest BCUT2D eigenvalue weighted by atomic mass is 10.1. The molecule has 4 nitrogen and oxygen atoms in total. The fourth-order valence-electron chi connectivity index (χ4n) is 2.38. The van der Waals surface area contributed by atoms with Crippen LogP contribution in [0.4, 0.5) is 24.5 Å². The molecular weight excluding hydrogens is 283 g/mol. The van der Waals surface area contributed by atoms with Crippen molar-refractivity contribution in [3.05, 3.63) is 23.8 Å². The normalized spacial score (nSPS) is 17.7. The lowest BCUT2D eigenvalue weighted by Gasteiger charge is -2.23. The number of carbonyl (C=O) groups excluding carboxylic acids is 1. The highest BCUT2D eigenvalue weighted by atomic mass is 19.4. The third-order valence-corrected chi connectivity index (χ3v) is 3.70. The Hall–Kier alpha value is -1.76. The molecule has 1 unspecified atom stereocenters. The van der Waals surface area contributed by atoms with E-state index in [0.29, 0.717) is 0 Å². The van der Waals surface area contributed by atoms with Crippen molar-refractivity contribution in [1.82, 2.24) is 4.90 Å². The third-order valence-electron chi connectivity index (χ3n) is 3.70. The number of benzene rings is 1. The first-order valence-electron chi connectivity index (χ1n) is 6.80. The Morgan fingerprint density at radius 3 is 2.48 bits per heavy atom. The highest BCUT2D eigenvalue weighted by molar-refractivity contribution is 5.97. The summed E-state index contributed by atoms with van der Waals surface area (Å²) in [5.41, 5.74) is 4.88. The molecule has 1 heterocycles. The number of amides is 1. The molecule has 0 aliphatic carbocycles. The Kier molecular flexibility index (Phi) is 4.41. The number of nitrogens with zero attached hydrogens (tertiary/aromatic N) is 1. The quantitative estimate of drug-likeness (QED) is 0.844. The van der Waals surface area contributed by atoms with Gasteiger partial charge in [0.1, 0.15) is 0 Å². The lowest BCUT2D eigenvalue weighted by molar-refractivity contribution is -0.137. The Bertz CT molecular complexity index is 525. The molecular formula is C14H18F3N3O. The molecule has 1 aliphatic rings. The number of likely N-dealkylation sites (tertiary alicyclic amines) is 1. The monoisotopic (exact) mass is 301 g/mol. The smallest absolute Gasteiger partial charge is 0.397 e. The third kappa shape index (κ3) is 3.66. The first kappa shape index (κ1) is 15.6. The number of halogens is 3. The van der Waals surface area contributed by atoms with Gasteiger partial charge in [-0.2, -0.15) is 13.2 Å². The van der Waals surface area contributed by atoms with Crippen LogP contribution in [0.2, 0.25) is 0 Å². The van der Waals surface area contributed by atoms with E-state index in [1.165, 1.54) is 6.07 Å². The standard InChI is InChI=1S/C14H18F3N3O/c1-9(20-6-2-3-7-20)13(21)19-12-5-4-10(8-11(12)18)14(15,16)17/h4-5,8-9H,2-3,6-7,18H2,1H3,(H,19,21). The highest BCUT2D eigenvalue weighted by Crippen LogP contribution is 2.32. The molecule has 0 aromatic heterocycles. The SMILES string of the molecule is CC(C(=O)Nc1ccc(C(F)(F)F)cc1N)N1CCCC1. The number of nitrogens with two attached hydrogens (primary N) is 1. The average Bonchev–Trinajstić information content (AvgIpc) is 2.92. The van der Waals surface area contributed by atoms with Crippen LogP contribution in [0.5, 0.6) is 0 Å². The maximum absolute atomic E-state index is 12.5. The number of carbonyl (C=O) groups is 1. The summed E-state index contributed by atoms with van der Waals surface area (Å²) in [7, 11) is 0. The van der Waals surface area contributed by atoms with Crippen LogP contribution in [-0.4, -0.2) is 29.9 Å². The van der Waals surface area contributed by atoms with Crippen LogP contribution in [0.1, 0.15) is 25.3 Å². The maximum Gasteiger partial charge on any atom is 0.416 e. The molecule has 2 rings (SSSR count). The van der Waals surface area contributed by atoms with Crippen LogP contribution in [0.3, 0.4) is 0 Å². The van der Waals surface area contributed by atoms with Gasteiger partial charge in [0.2, 0.25) is 5.91 Å². The number of nitrogens with one attached hydrogen (secondary N) is 1. The fraction of sp³-hybridized carbons (Fsp3) is 0.500. The van der Waals surface area contributed by atoms with E-state index in [0.717, 1.165) is 38.1 Å². The van der Waals surface area contributed by atoms with Crippen molar-refractivity contribution >= 4 is 17.3 Å². The zero-order valence-corrected chi connectivity index (χ0v) is 11.7. The summed E-state index contributed by atoms with van der Waals surface area (Å²) in [6.07, 6.45) is -2.33. The second-order valence-electron chi connectivity index (χ2n) is 5.21. The summed E-state index contributed by atoms with van der Waals surface area (Å²) in [6.45, 7) is 3.50. The van der Waals surface area contributed by atoms with E-state index in [9.17, 15) is 18.0 Å². The molecule has 0 saturated carbocycles.